The molecule has 3 aromatic heterocycles. The van der Waals surface area contributed by atoms with Gasteiger partial charge >= 0.3 is 0 Å². The minimum absolute atomic E-state index is 0.480. The summed E-state index contributed by atoms with van der Waals surface area (Å²) in [6.45, 7) is 4.33. The second-order valence-electron chi connectivity index (χ2n) is 6.25. The molecule has 0 bridgehead atoms. The van der Waals surface area contributed by atoms with E-state index in [4.69, 9.17) is 0 Å². The summed E-state index contributed by atoms with van der Waals surface area (Å²) in [6.07, 6.45) is 8.05. The van der Waals surface area contributed by atoms with Gasteiger partial charge in [-0.25, -0.2) is 9.97 Å². The van der Waals surface area contributed by atoms with E-state index in [-0.39, 0.29) is 0 Å². The zero-order chi connectivity index (χ0) is 16.7. The lowest BCUT2D eigenvalue weighted by Gasteiger charge is -2.28. The van der Waals surface area contributed by atoms with Gasteiger partial charge in [-0.3, -0.25) is 4.68 Å². The van der Waals surface area contributed by atoms with E-state index < -0.39 is 0 Å². The zero-order valence-electron chi connectivity index (χ0n) is 13.7. The standard InChI is InChI=1S/C16H19BrN6S/c1-10-14(17)15-13(24-10)8-18-16(21-15)20-11-7-19-23(9-11)12-3-5-22(2)6-4-12/h7-9,12H,3-6H2,1-2H3,(H,18,20,21). The lowest BCUT2D eigenvalue weighted by molar-refractivity contribution is 0.212. The van der Waals surface area contributed by atoms with Crippen molar-refractivity contribution in [2.75, 3.05) is 25.5 Å². The third-order valence-electron chi connectivity index (χ3n) is 4.46. The Balaban J connectivity index is 1.52. The van der Waals surface area contributed by atoms with Crippen molar-refractivity contribution < 1.29 is 0 Å². The SMILES string of the molecule is Cc1sc2cnc(Nc3cnn(C4CCN(C)CC4)c3)nc2c1Br. The highest BCUT2D eigenvalue weighted by atomic mass is 79.9. The fourth-order valence-corrected chi connectivity index (χ4v) is 4.57. The molecule has 0 radical (unpaired) electrons. The Morgan fingerprint density at radius 3 is 2.88 bits per heavy atom. The van der Waals surface area contributed by atoms with Gasteiger partial charge in [-0.2, -0.15) is 5.10 Å². The van der Waals surface area contributed by atoms with Crippen LogP contribution >= 0.6 is 27.3 Å². The number of hydrogen-bond acceptors (Lipinski definition) is 6. The topological polar surface area (TPSA) is 58.9 Å². The van der Waals surface area contributed by atoms with E-state index >= 15 is 0 Å². The maximum Gasteiger partial charge on any atom is 0.227 e. The van der Waals surface area contributed by atoms with Crippen molar-refractivity contribution in [3.8, 4) is 0 Å². The summed E-state index contributed by atoms with van der Waals surface area (Å²) < 4.78 is 4.21. The molecule has 0 amide bonds. The molecule has 1 aliphatic rings. The Morgan fingerprint density at radius 2 is 2.08 bits per heavy atom. The van der Waals surface area contributed by atoms with Crippen molar-refractivity contribution >= 4 is 49.1 Å². The van der Waals surface area contributed by atoms with Gasteiger partial charge in [0.25, 0.3) is 0 Å². The van der Waals surface area contributed by atoms with Crippen LogP contribution in [0, 0.1) is 6.92 Å². The molecule has 0 unspecified atom stereocenters. The molecule has 1 N–H and O–H groups in total. The molecule has 1 fully saturated rings. The maximum atomic E-state index is 4.62. The van der Waals surface area contributed by atoms with Crippen LogP contribution in [-0.2, 0) is 0 Å². The molecule has 6 nitrogen and oxygen atoms in total. The molecule has 1 aliphatic heterocycles. The van der Waals surface area contributed by atoms with Crippen LogP contribution in [0.15, 0.2) is 23.1 Å². The average molecular weight is 407 g/mol. The van der Waals surface area contributed by atoms with Gasteiger partial charge < -0.3 is 10.2 Å². The van der Waals surface area contributed by atoms with Crippen LogP contribution in [0.4, 0.5) is 11.6 Å². The van der Waals surface area contributed by atoms with Crippen molar-refractivity contribution in [3.05, 3.63) is 27.9 Å². The lowest BCUT2D eigenvalue weighted by Crippen LogP contribution is -2.31. The van der Waals surface area contributed by atoms with Gasteiger partial charge in [0.05, 0.1) is 33.3 Å². The van der Waals surface area contributed by atoms with E-state index in [1.54, 1.807) is 11.3 Å². The van der Waals surface area contributed by atoms with Crippen molar-refractivity contribution in [1.82, 2.24) is 24.6 Å². The molecule has 0 aliphatic carbocycles. The van der Waals surface area contributed by atoms with Gasteiger partial charge in [0, 0.05) is 11.1 Å². The third-order valence-corrected chi connectivity index (χ3v) is 6.72. The van der Waals surface area contributed by atoms with Gasteiger partial charge in [-0.15, -0.1) is 11.3 Å². The van der Waals surface area contributed by atoms with E-state index in [0.717, 1.165) is 46.3 Å². The van der Waals surface area contributed by atoms with Crippen LogP contribution in [0.2, 0.25) is 0 Å². The van der Waals surface area contributed by atoms with Crippen LogP contribution in [0.3, 0.4) is 0 Å². The first kappa shape index (κ1) is 16.0. The Labute approximate surface area is 153 Å². The summed E-state index contributed by atoms with van der Waals surface area (Å²) in [4.78, 5) is 12.6. The molecule has 0 atom stereocenters. The van der Waals surface area contributed by atoms with Crippen LogP contribution in [0.25, 0.3) is 10.2 Å². The molecule has 0 aromatic carbocycles. The fourth-order valence-electron chi connectivity index (χ4n) is 3.03. The van der Waals surface area contributed by atoms with Gasteiger partial charge in [0.15, 0.2) is 0 Å². The van der Waals surface area contributed by atoms with E-state index in [2.05, 4.69) is 66.1 Å². The van der Waals surface area contributed by atoms with Gasteiger partial charge in [0.1, 0.15) is 5.52 Å². The molecule has 0 spiro atoms. The molecule has 126 valence electrons. The smallest absolute Gasteiger partial charge is 0.227 e. The normalized spacial score (nSPS) is 16.8. The minimum atomic E-state index is 0.480. The summed E-state index contributed by atoms with van der Waals surface area (Å²) in [5, 5.41) is 7.79. The fraction of sp³-hybridized carbons (Fsp3) is 0.438. The van der Waals surface area contributed by atoms with E-state index in [0.29, 0.717) is 12.0 Å². The largest absolute Gasteiger partial charge is 0.321 e. The van der Waals surface area contributed by atoms with Crippen LogP contribution in [0.1, 0.15) is 23.8 Å². The van der Waals surface area contributed by atoms with Gasteiger partial charge in [-0.05, 0) is 55.8 Å². The molecule has 24 heavy (non-hydrogen) atoms. The predicted molar refractivity (Wildman–Crippen MR) is 101 cm³/mol. The molecule has 8 heteroatoms. The molecule has 4 heterocycles. The first-order chi connectivity index (χ1) is 11.6. The molecule has 3 aromatic rings. The number of rotatable bonds is 3. The lowest BCUT2D eigenvalue weighted by atomic mass is 10.1. The molecular weight excluding hydrogens is 388 g/mol. The summed E-state index contributed by atoms with van der Waals surface area (Å²) in [7, 11) is 2.17. The number of nitrogens with zero attached hydrogens (tertiary/aromatic N) is 5. The summed E-state index contributed by atoms with van der Waals surface area (Å²) in [6, 6.07) is 0.480. The van der Waals surface area contributed by atoms with Crippen LogP contribution in [0.5, 0.6) is 0 Å². The van der Waals surface area contributed by atoms with Crippen LogP contribution in [-0.4, -0.2) is 44.8 Å². The molecule has 1 saturated heterocycles. The number of thiophene rings is 1. The van der Waals surface area contributed by atoms with E-state index in [1.807, 2.05) is 12.4 Å². The maximum absolute atomic E-state index is 4.62. The van der Waals surface area contributed by atoms with E-state index in [1.165, 1.54) is 4.88 Å². The second kappa shape index (κ2) is 6.42. The predicted octanol–water partition coefficient (Wildman–Crippen LogP) is 3.97. The number of likely N-dealkylation sites (tertiary alicyclic amines) is 1. The number of hydrogen-bond donors (Lipinski definition) is 1. The molecule has 4 rings (SSSR count). The van der Waals surface area contributed by atoms with Crippen molar-refractivity contribution in [1.29, 1.82) is 0 Å². The number of aromatic nitrogens is 4. The molecule has 0 saturated carbocycles. The van der Waals surface area contributed by atoms with Crippen molar-refractivity contribution in [2.45, 2.75) is 25.8 Å². The first-order valence-corrected chi connectivity index (χ1v) is 9.62. The number of anilines is 2. The first-order valence-electron chi connectivity index (χ1n) is 8.01. The molecular formula is C16H19BrN6S. The highest BCUT2D eigenvalue weighted by Gasteiger charge is 2.19. The Morgan fingerprint density at radius 1 is 1.29 bits per heavy atom. The summed E-state index contributed by atoms with van der Waals surface area (Å²) in [5.74, 6) is 0.601. The summed E-state index contributed by atoms with van der Waals surface area (Å²) >= 11 is 5.30. The number of aryl methyl sites for hydroxylation is 1. The number of fused-ring (bicyclic) bond motifs is 1. The number of nitrogens with one attached hydrogen (secondary N) is 1. The number of piperidine rings is 1. The zero-order valence-corrected chi connectivity index (χ0v) is 16.1. The average Bonchev–Trinajstić information content (AvgIpc) is 3.14. The second-order valence-corrected chi connectivity index (χ2v) is 8.30. The van der Waals surface area contributed by atoms with Gasteiger partial charge in [0.2, 0.25) is 5.95 Å². The quantitative estimate of drug-likeness (QED) is 0.712. The Bertz CT molecular complexity index is 865. The van der Waals surface area contributed by atoms with Gasteiger partial charge in [-0.1, -0.05) is 0 Å². The monoisotopic (exact) mass is 406 g/mol. The van der Waals surface area contributed by atoms with Crippen LogP contribution < -0.4 is 5.32 Å². The summed E-state index contributed by atoms with van der Waals surface area (Å²) in [5.41, 5.74) is 1.88. The Hall–Kier alpha value is -1.51. The van der Waals surface area contributed by atoms with Crippen molar-refractivity contribution in [3.63, 3.8) is 0 Å². The third kappa shape index (κ3) is 3.05. The minimum Gasteiger partial charge on any atom is -0.321 e. The highest BCUT2D eigenvalue weighted by Crippen LogP contribution is 2.34. The highest BCUT2D eigenvalue weighted by molar-refractivity contribution is 9.10. The van der Waals surface area contributed by atoms with Crippen molar-refractivity contribution in [2.24, 2.45) is 0 Å². The van der Waals surface area contributed by atoms with E-state index in [9.17, 15) is 0 Å². The number of halogens is 1. The Kier molecular flexibility index (Phi) is 4.28.